The molecule has 0 aromatic heterocycles. The van der Waals surface area contributed by atoms with E-state index in [0.29, 0.717) is 19.6 Å². The quantitative estimate of drug-likeness (QED) is 0.705. The molecule has 0 heterocycles. The molecule has 0 aliphatic heterocycles. The van der Waals surface area contributed by atoms with Gasteiger partial charge in [-0.05, 0) is 5.56 Å². The highest BCUT2D eigenvalue weighted by Gasteiger charge is 2.25. The van der Waals surface area contributed by atoms with Crippen molar-refractivity contribution in [1.82, 2.24) is 0 Å². The average Bonchev–Trinajstić information content (AvgIpc) is 2.47. The molecule has 0 fully saturated rings. The van der Waals surface area contributed by atoms with Gasteiger partial charge in [0.25, 0.3) is 0 Å². The van der Waals surface area contributed by atoms with Crippen molar-refractivity contribution in [3.8, 4) is 0 Å². The molecule has 110 valence electrons. The number of Topliss-reactive ketones (excluding diaryl/α,β-unsaturated/α-hetero) is 1. The minimum absolute atomic E-state index is 0.0161. The van der Waals surface area contributed by atoms with Gasteiger partial charge in [-0.1, -0.05) is 50.3 Å². The highest BCUT2D eigenvalue weighted by molar-refractivity contribution is 5.82. The number of ketones is 1. The number of aliphatic hydroxyl groups is 1. The molecule has 1 aromatic carbocycles. The molecule has 1 rings (SSSR count). The lowest BCUT2D eigenvalue weighted by atomic mass is 9.89. The van der Waals surface area contributed by atoms with E-state index in [4.69, 9.17) is 4.74 Å². The van der Waals surface area contributed by atoms with Gasteiger partial charge in [0.1, 0.15) is 5.78 Å². The lowest BCUT2D eigenvalue weighted by molar-refractivity contribution is -0.126. The third kappa shape index (κ3) is 5.27. The number of hydrogen-bond acceptors (Lipinski definition) is 3. The molecule has 1 N–H and O–H groups in total. The van der Waals surface area contributed by atoms with Gasteiger partial charge in [-0.25, -0.2) is 0 Å². The van der Waals surface area contributed by atoms with Gasteiger partial charge in [0.2, 0.25) is 0 Å². The smallest absolute Gasteiger partial charge is 0.142 e. The SMILES string of the molecule is C=CCC(=O)[C@H](C)[C@@H](O)[C@@H](C)COCc1ccccc1. The number of carbonyl (C=O) groups excluding carboxylic acids is 1. The summed E-state index contributed by atoms with van der Waals surface area (Å²) in [7, 11) is 0. The summed E-state index contributed by atoms with van der Waals surface area (Å²) in [5.41, 5.74) is 1.10. The van der Waals surface area contributed by atoms with Crippen molar-refractivity contribution in [2.75, 3.05) is 6.61 Å². The van der Waals surface area contributed by atoms with Crippen LogP contribution in [-0.2, 0) is 16.1 Å². The van der Waals surface area contributed by atoms with Gasteiger partial charge in [-0.15, -0.1) is 6.58 Å². The highest BCUT2D eigenvalue weighted by Crippen LogP contribution is 2.16. The molecular formula is C17H24O3. The number of carbonyl (C=O) groups is 1. The molecule has 0 unspecified atom stereocenters. The van der Waals surface area contributed by atoms with E-state index in [9.17, 15) is 9.90 Å². The van der Waals surface area contributed by atoms with Crippen LogP contribution in [-0.4, -0.2) is 23.6 Å². The van der Waals surface area contributed by atoms with Crippen LogP contribution in [0.5, 0.6) is 0 Å². The first kappa shape index (κ1) is 16.6. The molecule has 3 atom stereocenters. The molecule has 0 aliphatic rings. The zero-order valence-corrected chi connectivity index (χ0v) is 12.3. The van der Waals surface area contributed by atoms with Gasteiger partial charge in [-0.3, -0.25) is 4.79 Å². The fourth-order valence-corrected chi connectivity index (χ4v) is 2.05. The van der Waals surface area contributed by atoms with Crippen LogP contribution >= 0.6 is 0 Å². The highest BCUT2D eigenvalue weighted by atomic mass is 16.5. The van der Waals surface area contributed by atoms with Crippen molar-refractivity contribution in [2.45, 2.75) is 33.0 Å². The maximum absolute atomic E-state index is 11.7. The summed E-state index contributed by atoms with van der Waals surface area (Å²) >= 11 is 0. The Bertz CT molecular complexity index is 414. The van der Waals surface area contributed by atoms with Crippen molar-refractivity contribution < 1.29 is 14.6 Å². The van der Waals surface area contributed by atoms with E-state index < -0.39 is 6.10 Å². The van der Waals surface area contributed by atoms with Crippen molar-refractivity contribution >= 4 is 5.78 Å². The van der Waals surface area contributed by atoms with Gasteiger partial charge >= 0.3 is 0 Å². The van der Waals surface area contributed by atoms with E-state index in [1.54, 1.807) is 13.0 Å². The van der Waals surface area contributed by atoms with Gasteiger partial charge in [-0.2, -0.15) is 0 Å². The van der Waals surface area contributed by atoms with Crippen LogP contribution in [0.25, 0.3) is 0 Å². The number of ether oxygens (including phenoxy) is 1. The van der Waals surface area contributed by atoms with Crippen LogP contribution in [0.3, 0.4) is 0 Å². The summed E-state index contributed by atoms with van der Waals surface area (Å²) in [4.78, 5) is 11.7. The van der Waals surface area contributed by atoms with E-state index >= 15 is 0 Å². The van der Waals surface area contributed by atoms with Gasteiger partial charge < -0.3 is 9.84 Å². The Labute approximate surface area is 121 Å². The fraction of sp³-hybridized carbons (Fsp3) is 0.471. The van der Waals surface area contributed by atoms with Crippen LogP contribution in [0.2, 0.25) is 0 Å². The molecule has 0 radical (unpaired) electrons. The Morgan fingerprint density at radius 1 is 1.35 bits per heavy atom. The summed E-state index contributed by atoms with van der Waals surface area (Å²) < 4.78 is 5.60. The number of allylic oxidation sites excluding steroid dienone is 1. The summed E-state index contributed by atoms with van der Waals surface area (Å²) in [5, 5.41) is 10.1. The second-order valence-corrected chi connectivity index (χ2v) is 5.22. The minimum atomic E-state index is -0.682. The van der Waals surface area contributed by atoms with E-state index in [0.717, 1.165) is 5.56 Å². The molecule has 0 spiro atoms. The second kappa shape index (κ2) is 8.67. The predicted octanol–water partition coefficient (Wildman–Crippen LogP) is 2.98. The molecule has 0 amide bonds. The second-order valence-electron chi connectivity index (χ2n) is 5.22. The number of benzene rings is 1. The Balaban J connectivity index is 2.36. The first-order chi connectivity index (χ1) is 9.56. The van der Waals surface area contributed by atoms with Crippen molar-refractivity contribution in [3.63, 3.8) is 0 Å². The number of rotatable bonds is 9. The Hall–Kier alpha value is -1.45. The van der Waals surface area contributed by atoms with Crippen LogP contribution in [0, 0.1) is 11.8 Å². The standard InChI is InChI=1S/C17H24O3/c1-4-8-16(18)14(3)17(19)13(2)11-20-12-15-9-6-5-7-10-15/h4-7,9-10,13-14,17,19H,1,8,11-12H2,2-3H3/t13-,14-,17-/m0/s1. The molecule has 0 bridgehead atoms. The van der Waals surface area contributed by atoms with Crippen molar-refractivity contribution in [2.24, 2.45) is 11.8 Å². The average molecular weight is 276 g/mol. The van der Waals surface area contributed by atoms with Crippen molar-refractivity contribution in [3.05, 3.63) is 48.6 Å². The largest absolute Gasteiger partial charge is 0.392 e. The lowest BCUT2D eigenvalue weighted by Gasteiger charge is -2.23. The van der Waals surface area contributed by atoms with E-state index in [2.05, 4.69) is 6.58 Å². The van der Waals surface area contributed by atoms with Crippen LogP contribution in [0.4, 0.5) is 0 Å². The Morgan fingerprint density at radius 2 is 2.00 bits per heavy atom. The molecule has 3 heteroatoms. The van der Waals surface area contributed by atoms with Crippen molar-refractivity contribution in [1.29, 1.82) is 0 Å². The third-order valence-electron chi connectivity index (χ3n) is 3.44. The van der Waals surface area contributed by atoms with Gasteiger partial charge in [0.15, 0.2) is 0 Å². The summed E-state index contributed by atoms with van der Waals surface area (Å²) in [6.07, 6.45) is 1.19. The monoisotopic (exact) mass is 276 g/mol. The summed E-state index contributed by atoms with van der Waals surface area (Å²) in [5.74, 6) is -0.451. The van der Waals surface area contributed by atoms with Crippen LogP contribution < -0.4 is 0 Å². The first-order valence-corrected chi connectivity index (χ1v) is 6.99. The maximum Gasteiger partial charge on any atom is 0.142 e. The topological polar surface area (TPSA) is 46.5 Å². The number of hydrogen-bond donors (Lipinski definition) is 1. The molecule has 20 heavy (non-hydrogen) atoms. The normalized spacial score (nSPS) is 15.3. The maximum atomic E-state index is 11.7. The molecular weight excluding hydrogens is 252 g/mol. The molecule has 1 aromatic rings. The first-order valence-electron chi connectivity index (χ1n) is 6.99. The van der Waals surface area contributed by atoms with Crippen LogP contribution in [0.1, 0.15) is 25.8 Å². The minimum Gasteiger partial charge on any atom is -0.392 e. The Kier molecular flexibility index (Phi) is 7.20. The zero-order valence-electron chi connectivity index (χ0n) is 12.3. The molecule has 0 aliphatic carbocycles. The van der Waals surface area contributed by atoms with Gasteiger partial charge in [0.05, 0.1) is 19.3 Å². The summed E-state index contributed by atoms with van der Waals surface area (Å²) in [6.45, 7) is 8.15. The number of aliphatic hydroxyl groups excluding tert-OH is 1. The Morgan fingerprint density at radius 3 is 2.60 bits per heavy atom. The summed E-state index contributed by atoms with van der Waals surface area (Å²) in [6, 6.07) is 9.89. The van der Waals surface area contributed by atoms with E-state index in [1.807, 2.05) is 37.3 Å². The van der Waals surface area contributed by atoms with Gasteiger partial charge in [0, 0.05) is 18.3 Å². The van der Waals surface area contributed by atoms with Crippen LogP contribution in [0.15, 0.2) is 43.0 Å². The molecule has 0 saturated heterocycles. The fourth-order valence-electron chi connectivity index (χ4n) is 2.05. The molecule has 3 nitrogen and oxygen atoms in total. The predicted molar refractivity (Wildman–Crippen MR) is 80.3 cm³/mol. The molecule has 0 saturated carbocycles. The zero-order chi connectivity index (χ0) is 15.0. The van der Waals surface area contributed by atoms with E-state index in [-0.39, 0.29) is 17.6 Å². The van der Waals surface area contributed by atoms with E-state index in [1.165, 1.54) is 0 Å². The third-order valence-corrected chi connectivity index (χ3v) is 3.44. The lowest BCUT2D eigenvalue weighted by Crippen LogP contribution is -2.33.